The summed E-state index contributed by atoms with van der Waals surface area (Å²) in [4.78, 5) is 19.2. The van der Waals surface area contributed by atoms with Crippen LogP contribution in [0.1, 0.15) is 56.5 Å². The van der Waals surface area contributed by atoms with E-state index in [2.05, 4.69) is 26.8 Å². The molecular weight excluding hydrogens is 472 g/mol. The number of ketones is 1. The summed E-state index contributed by atoms with van der Waals surface area (Å²) in [7, 11) is -3.85. The number of sulfonamides is 1. The quantitative estimate of drug-likeness (QED) is 0.258. The van der Waals surface area contributed by atoms with Gasteiger partial charge in [0.25, 0.3) is 0 Å². The van der Waals surface area contributed by atoms with E-state index in [1.54, 1.807) is 13.1 Å². The molecule has 0 aliphatic rings. The van der Waals surface area contributed by atoms with Gasteiger partial charge in [-0.3, -0.25) is 0 Å². The van der Waals surface area contributed by atoms with E-state index in [9.17, 15) is 13.2 Å². The van der Waals surface area contributed by atoms with Crippen LogP contribution >= 0.6 is 0 Å². The van der Waals surface area contributed by atoms with Gasteiger partial charge in [0.2, 0.25) is 10.0 Å². The summed E-state index contributed by atoms with van der Waals surface area (Å²) in [5, 5.41) is 11.3. The maximum Gasteiger partial charge on any atom is 0.241 e. The van der Waals surface area contributed by atoms with E-state index in [0.717, 1.165) is 41.3 Å². The standard InChI is InChI=1S/C28H28N4O3S/c1-20(33)7-3-2-4-10-26(32-36(34,35)25-15-11-21(18-29)12-16-25)28-30-19-27(31-28)24-14-13-22-8-5-6-9-23(22)17-24/h5-6,8-9,11-17,19,26,32H,2-4,7,10H2,1H3,(H,30,31)/t26-/m0/s1. The molecule has 1 atom stereocenters. The number of Topliss-reactive ketones (excluding diaryl/α,β-unsaturated/α-hetero) is 1. The summed E-state index contributed by atoms with van der Waals surface area (Å²) in [5.74, 6) is 0.682. The Morgan fingerprint density at radius 1 is 1.03 bits per heavy atom. The molecule has 0 saturated heterocycles. The van der Waals surface area contributed by atoms with Gasteiger partial charge in [0.05, 0.1) is 34.5 Å². The van der Waals surface area contributed by atoms with Gasteiger partial charge in [-0.2, -0.15) is 5.26 Å². The van der Waals surface area contributed by atoms with Crippen LogP contribution in [0.5, 0.6) is 0 Å². The number of hydrogen-bond donors (Lipinski definition) is 2. The van der Waals surface area contributed by atoms with Crippen molar-refractivity contribution in [3.63, 3.8) is 0 Å². The largest absolute Gasteiger partial charge is 0.341 e. The van der Waals surface area contributed by atoms with Gasteiger partial charge in [0, 0.05) is 12.0 Å². The summed E-state index contributed by atoms with van der Waals surface area (Å²) < 4.78 is 29.1. The number of nitrogens with zero attached hydrogens (tertiary/aromatic N) is 2. The second-order valence-electron chi connectivity index (χ2n) is 8.86. The number of nitrogens with one attached hydrogen (secondary N) is 2. The van der Waals surface area contributed by atoms with E-state index >= 15 is 0 Å². The first kappa shape index (κ1) is 25.3. The van der Waals surface area contributed by atoms with Crippen LogP contribution in [-0.4, -0.2) is 24.2 Å². The molecule has 0 bridgehead atoms. The molecule has 1 aromatic heterocycles. The molecule has 0 saturated carbocycles. The number of nitriles is 1. The van der Waals surface area contributed by atoms with E-state index in [-0.39, 0.29) is 10.7 Å². The number of fused-ring (bicyclic) bond motifs is 1. The number of carbonyl (C=O) groups is 1. The van der Waals surface area contributed by atoms with Crippen molar-refractivity contribution in [2.24, 2.45) is 0 Å². The van der Waals surface area contributed by atoms with Crippen LogP contribution in [0.15, 0.2) is 77.8 Å². The third-order valence-electron chi connectivity index (χ3n) is 6.10. The summed E-state index contributed by atoms with van der Waals surface area (Å²) in [5.41, 5.74) is 2.15. The molecule has 1 heterocycles. The molecule has 8 heteroatoms. The Morgan fingerprint density at radius 2 is 1.78 bits per heavy atom. The molecule has 0 unspecified atom stereocenters. The van der Waals surface area contributed by atoms with Crippen molar-refractivity contribution in [1.82, 2.24) is 14.7 Å². The van der Waals surface area contributed by atoms with Crippen molar-refractivity contribution in [1.29, 1.82) is 5.26 Å². The van der Waals surface area contributed by atoms with E-state index in [4.69, 9.17) is 5.26 Å². The van der Waals surface area contributed by atoms with Crippen LogP contribution in [0.3, 0.4) is 0 Å². The molecule has 3 aromatic carbocycles. The van der Waals surface area contributed by atoms with Crippen LogP contribution in [0.25, 0.3) is 22.0 Å². The fourth-order valence-corrected chi connectivity index (χ4v) is 5.37. The minimum absolute atomic E-state index is 0.0874. The van der Waals surface area contributed by atoms with Crippen molar-refractivity contribution >= 4 is 26.6 Å². The minimum Gasteiger partial charge on any atom is -0.341 e. The van der Waals surface area contributed by atoms with E-state index in [0.29, 0.717) is 24.2 Å². The van der Waals surface area contributed by atoms with Gasteiger partial charge in [0.15, 0.2) is 0 Å². The van der Waals surface area contributed by atoms with Gasteiger partial charge < -0.3 is 9.78 Å². The highest BCUT2D eigenvalue weighted by molar-refractivity contribution is 7.89. The maximum atomic E-state index is 13.1. The average molecular weight is 501 g/mol. The zero-order valence-corrected chi connectivity index (χ0v) is 20.9. The third-order valence-corrected chi connectivity index (χ3v) is 7.59. The molecule has 0 spiro atoms. The van der Waals surface area contributed by atoms with Gasteiger partial charge in [-0.15, -0.1) is 0 Å². The van der Waals surface area contributed by atoms with Crippen LogP contribution in [-0.2, 0) is 14.8 Å². The number of rotatable bonds is 11. The van der Waals surface area contributed by atoms with E-state index in [1.165, 1.54) is 24.3 Å². The molecule has 0 fully saturated rings. The normalized spacial score (nSPS) is 12.3. The summed E-state index contributed by atoms with van der Waals surface area (Å²) in [6.07, 6.45) is 5.09. The number of aromatic amines is 1. The Labute approximate surface area is 211 Å². The lowest BCUT2D eigenvalue weighted by Crippen LogP contribution is -2.29. The predicted molar refractivity (Wildman–Crippen MR) is 140 cm³/mol. The number of unbranched alkanes of at least 4 members (excludes halogenated alkanes) is 2. The molecular formula is C28H28N4O3S. The van der Waals surface area contributed by atoms with Gasteiger partial charge in [-0.1, -0.05) is 49.2 Å². The zero-order chi connectivity index (χ0) is 25.5. The first-order chi connectivity index (χ1) is 17.4. The lowest BCUT2D eigenvalue weighted by Gasteiger charge is -2.17. The third kappa shape index (κ3) is 6.25. The molecule has 0 radical (unpaired) electrons. The maximum absolute atomic E-state index is 13.1. The molecule has 2 N–H and O–H groups in total. The Morgan fingerprint density at radius 3 is 2.50 bits per heavy atom. The second kappa shape index (κ2) is 11.3. The number of benzene rings is 3. The fraction of sp³-hybridized carbons (Fsp3) is 0.250. The Balaban J connectivity index is 1.57. The predicted octanol–water partition coefficient (Wildman–Crippen LogP) is 5.66. The Kier molecular flexibility index (Phi) is 7.93. The average Bonchev–Trinajstić information content (AvgIpc) is 3.38. The van der Waals surface area contributed by atoms with Crippen LogP contribution < -0.4 is 4.72 Å². The lowest BCUT2D eigenvalue weighted by atomic mass is 10.1. The first-order valence-corrected chi connectivity index (χ1v) is 13.4. The van der Waals surface area contributed by atoms with Crippen LogP contribution in [0.4, 0.5) is 0 Å². The van der Waals surface area contributed by atoms with Crippen molar-refractivity contribution in [3.05, 3.63) is 84.3 Å². The number of hydrogen-bond acceptors (Lipinski definition) is 5. The number of carbonyl (C=O) groups excluding carboxylic acids is 1. The van der Waals surface area contributed by atoms with E-state index in [1.807, 2.05) is 36.4 Å². The van der Waals surface area contributed by atoms with Gasteiger partial charge in [-0.05, 0) is 60.9 Å². The highest BCUT2D eigenvalue weighted by atomic mass is 32.2. The highest BCUT2D eigenvalue weighted by Crippen LogP contribution is 2.27. The summed E-state index contributed by atoms with van der Waals surface area (Å²) in [6.45, 7) is 1.58. The zero-order valence-electron chi connectivity index (χ0n) is 20.1. The SMILES string of the molecule is CC(=O)CCCCC[C@H](NS(=O)(=O)c1ccc(C#N)cc1)c1ncc(-c2ccc3ccccc3c2)[nH]1. The second-order valence-corrected chi connectivity index (χ2v) is 10.6. The number of imidazole rings is 1. The lowest BCUT2D eigenvalue weighted by molar-refractivity contribution is -0.117. The van der Waals surface area contributed by atoms with Crippen LogP contribution in [0.2, 0.25) is 0 Å². The highest BCUT2D eigenvalue weighted by Gasteiger charge is 2.24. The summed E-state index contributed by atoms with van der Waals surface area (Å²) >= 11 is 0. The topological polar surface area (TPSA) is 116 Å². The van der Waals surface area contributed by atoms with Crippen LogP contribution in [0, 0.1) is 11.3 Å². The van der Waals surface area contributed by atoms with Gasteiger partial charge in [-0.25, -0.2) is 18.1 Å². The number of H-pyrrole nitrogens is 1. The Hall–Kier alpha value is -3.80. The molecule has 4 rings (SSSR count). The van der Waals surface area contributed by atoms with Crippen molar-refractivity contribution in [3.8, 4) is 17.3 Å². The van der Waals surface area contributed by atoms with Crippen molar-refractivity contribution in [2.75, 3.05) is 0 Å². The van der Waals surface area contributed by atoms with E-state index < -0.39 is 16.1 Å². The number of aromatic nitrogens is 2. The van der Waals surface area contributed by atoms with Gasteiger partial charge in [0.1, 0.15) is 11.6 Å². The summed E-state index contributed by atoms with van der Waals surface area (Å²) in [6, 6.07) is 21.5. The first-order valence-electron chi connectivity index (χ1n) is 11.9. The Bertz CT molecular complexity index is 1500. The van der Waals surface area contributed by atoms with Crippen molar-refractivity contribution in [2.45, 2.75) is 50.0 Å². The van der Waals surface area contributed by atoms with Gasteiger partial charge >= 0.3 is 0 Å². The van der Waals surface area contributed by atoms with Crippen molar-refractivity contribution < 1.29 is 13.2 Å². The fourth-order valence-electron chi connectivity index (χ4n) is 4.13. The smallest absolute Gasteiger partial charge is 0.241 e. The molecule has 4 aromatic rings. The monoisotopic (exact) mass is 500 g/mol. The molecule has 0 amide bonds. The molecule has 36 heavy (non-hydrogen) atoms. The molecule has 0 aliphatic carbocycles. The molecule has 184 valence electrons. The molecule has 7 nitrogen and oxygen atoms in total. The molecule has 0 aliphatic heterocycles. The minimum atomic E-state index is -3.85.